The van der Waals surface area contributed by atoms with E-state index in [0.717, 1.165) is 22.0 Å². The second-order valence-corrected chi connectivity index (χ2v) is 6.14. The third-order valence-corrected chi connectivity index (χ3v) is 4.43. The van der Waals surface area contributed by atoms with Crippen molar-refractivity contribution >= 4 is 45.6 Å². The van der Waals surface area contributed by atoms with E-state index in [1.165, 1.54) is 0 Å². The zero-order valence-electron chi connectivity index (χ0n) is 12.4. The minimum atomic E-state index is -0.0209. The van der Waals surface area contributed by atoms with Crippen LogP contribution in [0.1, 0.15) is 12.0 Å². The van der Waals surface area contributed by atoms with E-state index in [1.807, 2.05) is 48.5 Å². The lowest BCUT2D eigenvalue weighted by molar-refractivity contribution is -0.116. The van der Waals surface area contributed by atoms with E-state index in [1.54, 1.807) is 12.1 Å². The van der Waals surface area contributed by atoms with Crippen LogP contribution in [0.2, 0.25) is 10.0 Å². The van der Waals surface area contributed by atoms with Crippen LogP contribution in [0.4, 0.5) is 5.69 Å². The number of hydrogen-bond acceptors (Lipinski definition) is 1. The highest BCUT2D eigenvalue weighted by molar-refractivity contribution is 6.42. The van der Waals surface area contributed by atoms with Crippen molar-refractivity contribution < 1.29 is 4.79 Å². The van der Waals surface area contributed by atoms with Gasteiger partial charge in [0, 0.05) is 17.5 Å². The zero-order chi connectivity index (χ0) is 16.2. The molecule has 2 nitrogen and oxygen atoms in total. The molecular formula is C19H15Cl2NO. The fourth-order valence-corrected chi connectivity index (χ4v) is 2.82. The molecule has 3 aromatic rings. The maximum absolute atomic E-state index is 12.2. The van der Waals surface area contributed by atoms with Crippen molar-refractivity contribution in [3.05, 3.63) is 76.3 Å². The van der Waals surface area contributed by atoms with Crippen molar-refractivity contribution in [2.75, 3.05) is 5.32 Å². The number of rotatable bonds is 4. The van der Waals surface area contributed by atoms with Crippen LogP contribution in [0.25, 0.3) is 10.8 Å². The van der Waals surface area contributed by atoms with Gasteiger partial charge in [-0.2, -0.15) is 0 Å². The third kappa shape index (κ3) is 3.84. The lowest BCUT2D eigenvalue weighted by Gasteiger charge is -2.09. The van der Waals surface area contributed by atoms with Gasteiger partial charge in [0.25, 0.3) is 0 Å². The molecule has 3 aromatic carbocycles. The van der Waals surface area contributed by atoms with E-state index in [2.05, 4.69) is 5.32 Å². The predicted octanol–water partition coefficient (Wildman–Crippen LogP) is 5.72. The van der Waals surface area contributed by atoms with Gasteiger partial charge in [-0.3, -0.25) is 4.79 Å². The second kappa shape index (κ2) is 7.03. The number of hydrogen-bond donors (Lipinski definition) is 1. The Morgan fingerprint density at radius 1 is 0.913 bits per heavy atom. The predicted molar refractivity (Wildman–Crippen MR) is 97.4 cm³/mol. The summed E-state index contributed by atoms with van der Waals surface area (Å²) in [6, 6.07) is 19.3. The molecule has 1 N–H and O–H groups in total. The quantitative estimate of drug-likeness (QED) is 0.644. The van der Waals surface area contributed by atoms with Gasteiger partial charge in [-0.25, -0.2) is 0 Å². The molecule has 0 bridgehead atoms. The number of nitrogens with one attached hydrogen (secondary N) is 1. The first-order chi connectivity index (χ1) is 11.1. The van der Waals surface area contributed by atoms with E-state index in [4.69, 9.17) is 23.2 Å². The SMILES string of the molecule is O=C(CCc1ccc(Cl)c(Cl)c1)Nc1cccc2ccccc12. The molecule has 0 atom stereocenters. The van der Waals surface area contributed by atoms with E-state index < -0.39 is 0 Å². The number of fused-ring (bicyclic) bond motifs is 1. The average Bonchev–Trinajstić information content (AvgIpc) is 2.56. The summed E-state index contributed by atoms with van der Waals surface area (Å²) in [7, 11) is 0. The van der Waals surface area contributed by atoms with Gasteiger partial charge in [0.2, 0.25) is 5.91 Å². The number of halogens is 2. The third-order valence-electron chi connectivity index (χ3n) is 3.69. The van der Waals surface area contributed by atoms with Crippen LogP contribution in [0, 0.1) is 0 Å². The number of carbonyl (C=O) groups excluding carboxylic acids is 1. The smallest absolute Gasteiger partial charge is 0.224 e. The van der Waals surface area contributed by atoms with Crippen molar-refractivity contribution in [3.63, 3.8) is 0 Å². The van der Waals surface area contributed by atoms with Gasteiger partial charge in [0.15, 0.2) is 0 Å². The van der Waals surface area contributed by atoms with Gasteiger partial charge < -0.3 is 5.32 Å². The molecule has 0 radical (unpaired) electrons. The van der Waals surface area contributed by atoms with Crippen molar-refractivity contribution in [1.29, 1.82) is 0 Å². The Morgan fingerprint density at radius 3 is 2.52 bits per heavy atom. The van der Waals surface area contributed by atoms with Crippen LogP contribution >= 0.6 is 23.2 Å². The molecule has 0 heterocycles. The van der Waals surface area contributed by atoms with Gasteiger partial charge in [-0.15, -0.1) is 0 Å². The summed E-state index contributed by atoms with van der Waals surface area (Å²) in [5.74, 6) is -0.0209. The lowest BCUT2D eigenvalue weighted by Crippen LogP contribution is -2.12. The molecule has 0 aliphatic carbocycles. The molecule has 4 heteroatoms. The molecule has 1 amide bonds. The number of benzene rings is 3. The van der Waals surface area contributed by atoms with E-state index >= 15 is 0 Å². The first kappa shape index (κ1) is 15.9. The molecule has 0 unspecified atom stereocenters. The molecule has 0 saturated carbocycles. The van der Waals surface area contributed by atoms with Gasteiger partial charge in [0.1, 0.15) is 0 Å². The van der Waals surface area contributed by atoms with E-state index in [9.17, 15) is 4.79 Å². The van der Waals surface area contributed by atoms with Crippen LogP contribution in [0.5, 0.6) is 0 Å². The average molecular weight is 344 g/mol. The minimum absolute atomic E-state index is 0.0209. The van der Waals surface area contributed by atoms with Crippen molar-refractivity contribution in [1.82, 2.24) is 0 Å². The molecule has 116 valence electrons. The molecule has 0 fully saturated rings. The van der Waals surface area contributed by atoms with Crippen LogP contribution in [0.15, 0.2) is 60.7 Å². The van der Waals surface area contributed by atoms with E-state index in [0.29, 0.717) is 22.9 Å². The highest BCUT2D eigenvalue weighted by Gasteiger charge is 2.07. The summed E-state index contributed by atoms with van der Waals surface area (Å²) in [6.45, 7) is 0. The molecule has 0 spiro atoms. The Kier molecular flexibility index (Phi) is 4.85. The van der Waals surface area contributed by atoms with Gasteiger partial charge in [-0.1, -0.05) is 65.7 Å². The summed E-state index contributed by atoms with van der Waals surface area (Å²) in [6.07, 6.45) is 1.01. The number of anilines is 1. The van der Waals surface area contributed by atoms with Crippen molar-refractivity contribution in [2.45, 2.75) is 12.8 Å². The second-order valence-electron chi connectivity index (χ2n) is 5.32. The molecular weight excluding hydrogens is 329 g/mol. The standard InChI is InChI=1S/C19H15Cl2NO/c20-16-10-8-13(12-17(16)21)9-11-19(23)22-18-7-3-5-14-4-1-2-6-15(14)18/h1-8,10,12H,9,11H2,(H,22,23). The Bertz CT molecular complexity index is 856. The topological polar surface area (TPSA) is 29.1 Å². The Balaban J connectivity index is 1.68. The largest absolute Gasteiger partial charge is 0.326 e. The molecule has 0 aromatic heterocycles. The van der Waals surface area contributed by atoms with Crippen molar-refractivity contribution in [2.24, 2.45) is 0 Å². The Hall–Kier alpha value is -2.03. The highest BCUT2D eigenvalue weighted by Crippen LogP contribution is 2.24. The first-order valence-corrected chi connectivity index (χ1v) is 8.10. The summed E-state index contributed by atoms with van der Waals surface area (Å²) >= 11 is 11.9. The van der Waals surface area contributed by atoms with Crippen molar-refractivity contribution in [3.8, 4) is 0 Å². The number of carbonyl (C=O) groups is 1. The van der Waals surface area contributed by atoms with Crippen LogP contribution in [0.3, 0.4) is 0 Å². The number of amides is 1. The van der Waals surface area contributed by atoms with E-state index in [-0.39, 0.29) is 5.91 Å². The minimum Gasteiger partial charge on any atom is -0.326 e. The van der Waals surface area contributed by atoms with Gasteiger partial charge in [-0.05, 0) is 35.6 Å². The zero-order valence-corrected chi connectivity index (χ0v) is 13.9. The maximum Gasteiger partial charge on any atom is 0.224 e. The summed E-state index contributed by atoms with van der Waals surface area (Å²) in [5, 5.41) is 6.17. The van der Waals surface area contributed by atoms with Crippen LogP contribution in [-0.2, 0) is 11.2 Å². The molecule has 0 aliphatic rings. The lowest BCUT2D eigenvalue weighted by atomic mass is 10.1. The molecule has 0 aliphatic heterocycles. The molecule has 23 heavy (non-hydrogen) atoms. The normalized spacial score (nSPS) is 10.7. The summed E-state index contributed by atoms with van der Waals surface area (Å²) in [5.41, 5.74) is 1.83. The number of aryl methyl sites for hydroxylation is 1. The highest BCUT2D eigenvalue weighted by atomic mass is 35.5. The fraction of sp³-hybridized carbons (Fsp3) is 0.105. The molecule has 0 saturated heterocycles. The van der Waals surface area contributed by atoms with Gasteiger partial charge in [0.05, 0.1) is 10.0 Å². The van der Waals surface area contributed by atoms with Gasteiger partial charge >= 0.3 is 0 Å². The van der Waals surface area contributed by atoms with Crippen LogP contribution < -0.4 is 5.32 Å². The summed E-state index contributed by atoms with van der Waals surface area (Å²) < 4.78 is 0. The molecule has 3 rings (SSSR count). The first-order valence-electron chi connectivity index (χ1n) is 7.35. The summed E-state index contributed by atoms with van der Waals surface area (Å²) in [4.78, 5) is 12.2. The van der Waals surface area contributed by atoms with Crippen LogP contribution in [-0.4, -0.2) is 5.91 Å². The Morgan fingerprint density at radius 2 is 1.70 bits per heavy atom. The fourth-order valence-electron chi connectivity index (χ4n) is 2.50. The Labute approximate surface area is 145 Å². The monoisotopic (exact) mass is 343 g/mol. The maximum atomic E-state index is 12.2.